The summed E-state index contributed by atoms with van der Waals surface area (Å²) in [6.07, 6.45) is 2.69. The van der Waals surface area contributed by atoms with Gasteiger partial charge in [0.15, 0.2) is 0 Å². The molecule has 1 amide bonds. The van der Waals surface area contributed by atoms with Crippen LogP contribution in [-0.2, 0) is 11.3 Å². The van der Waals surface area contributed by atoms with Crippen LogP contribution >= 0.6 is 11.8 Å². The van der Waals surface area contributed by atoms with Gasteiger partial charge in [0.25, 0.3) is 0 Å². The zero-order valence-electron chi connectivity index (χ0n) is 11.3. The number of carbonyl (C=O) groups is 1. The number of likely N-dealkylation sites (N-methyl/N-ethyl adjacent to an activating group) is 1. The third-order valence-electron chi connectivity index (χ3n) is 2.83. The number of rotatable bonds is 6. The van der Waals surface area contributed by atoms with Gasteiger partial charge in [0.2, 0.25) is 5.91 Å². The van der Waals surface area contributed by atoms with E-state index in [0.29, 0.717) is 18.5 Å². The Morgan fingerprint density at radius 3 is 2.63 bits per heavy atom. The van der Waals surface area contributed by atoms with Gasteiger partial charge in [-0.2, -0.15) is 17.0 Å². The fourth-order valence-corrected chi connectivity index (χ4v) is 2.18. The second kappa shape index (κ2) is 7.82. The molecule has 0 aliphatic heterocycles. The van der Waals surface area contributed by atoms with Gasteiger partial charge in [-0.3, -0.25) is 4.79 Å². The van der Waals surface area contributed by atoms with Crippen LogP contribution in [0.25, 0.3) is 0 Å². The van der Waals surface area contributed by atoms with Gasteiger partial charge in [-0.15, -0.1) is 0 Å². The van der Waals surface area contributed by atoms with Crippen molar-refractivity contribution in [2.24, 2.45) is 5.73 Å². The molecule has 1 rings (SSSR count). The molecule has 0 heterocycles. The number of nitriles is 1. The molecule has 0 aromatic heterocycles. The molecule has 19 heavy (non-hydrogen) atoms. The molecule has 102 valence electrons. The van der Waals surface area contributed by atoms with Crippen LogP contribution in [0, 0.1) is 11.3 Å². The second-order valence-electron chi connectivity index (χ2n) is 4.39. The summed E-state index contributed by atoms with van der Waals surface area (Å²) in [6, 6.07) is 8.85. The van der Waals surface area contributed by atoms with Crippen LogP contribution in [0.1, 0.15) is 17.5 Å². The fourth-order valence-electron chi connectivity index (χ4n) is 1.69. The summed E-state index contributed by atoms with van der Waals surface area (Å²) in [6.45, 7) is 0.511. The molecule has 2 N–H and O–H groups in total. The summed E-state index contributed by atoms with van der Waals surface area (Å²) in [5.41, 5.74) is 7.47. The average Bonchev–Trinajstić information content (AvgIpc) is 2.44. The Morgan fingerprint density at radius 2 is 2.11 bits per heavy atom. The first-order valence-electron chi connectivity index (χ1n) is 6.07. The Balaban J connectivity index is 2.55. The average molecular weight is 277 g/mol. The Labute approximate surface area is 118 Å². The van der Waals surface area contributed by atoms with Crippen molar-refractivity contribution in [1.82, 2.24) is 4.90 Å². The summed E-state index contributed by atoms with van der Waals surface area (Å²) < 4.78 is 0. The predicted molar refractivity (Wildman–Crippen MR) is 78.6 cm³/mol. The second-order valence-corrected chi connectivity index (χ2v) is 5.38. The lowest BCUT2D eigenvalue weighted by Gasteiger charge is -2.21. The first-order valence-corrected chi connectivity index (χ1v) is 7.46. The standard InChI is InChI=1S/C14H19N3OS/c1-17(14(18)13(16)7-8-19-2)10-12-5-3-11(9-15)4-6-12/h3-6,13H,7-8,10,16H2,1-2H3/t13-/m0/s1. The van der Waals surface area contributed by atoms with Crippen molar-refractivity contribution in [3.63, 3.8) is 0 Å². The Bertz CT molecular complexity index is 453. The Hall–Kier alpha value is -1.51. The van der Waals surface area contributed by atoms with Crippen LogP contribution in [0.3, 0.4) is 0 Å². The van der Waals surface area contributed by atoms with E-state index < -0.39 is 6.04 Å². The number of nitrogens with zero attached hydrogens (tertiary/aromatic N) is 2. The zero-order valence-corrected chi connectivity index (χ0v) is 12.1. The number of thioether (sulfide) groups is 1. The molecule has 0 aliphatic carbocycles. The van der Waals surface area contributed by atoms with Crippen molar-refractivity contribution in [3.05, 3.63) is 35.4 Å². The molecule has 0 saturated heterocycles. The highest BCUT2D eigenvalue weighted by molar-refractivity contribution is 7.98. The lowest BCUT2D eigenvalue weighted by atomic mass is 10.1. The molecule has 1 aromatic carbocycles. The van der Waals surface area contributed by atoms with E-state index >= 15 is 0 Å². The van der Waals surface area contributed by atoms with E-state index in [4.69, 9.17) is 11.0 Å². The van der Waals surface area contributed by atoms with Crippen molar-refractivity contribution < 1.29 is 4.79 Å². The Morgan fingerprint density at radius 1 is 1.47 bits per heavy atom. The molecule has 0 radical (unpaired) electrons. The first kappa shape index (κ1) is 15.5. The fraction of sp³-hybridized carbons (Fsp3) is 0.429. The van der Waals surface area contributed by atoms with Crippen LogP contribution in [0.2, 0.25) is 0 Å². The van der Waals surface area contributed by atoms with Crippen LogP contribution in [-0.4, -0.2) is 35.9 Å². The van der Waals surface area contributed by atoms with E-state index in [1.807, 2.05) is 18.4 Å². The quantitative estimate of drug-likeness (QED) is 0.857. The number of hydrogen-bond donors (Lipinski definition) is 1. The van der Waals surface area contributed by atoms with E-state index in [0.717, 1.165) is 11.3 Å². The number of amides is 1. The molecule has 4 nitrogen and oxygen atoms in total. The highest BCUT2D eigenvalue weighted by atomic mass is 32.2. The van der Waals surface area contributed by atoms with Crippen molar-refractivity contribution in [1.29, 1.82) is 5.26 Å². The molecular weight excluding hydrogens is 258 g/mol. The van der Waals surface area contributed by atoms with Crippen LogP contribution in [0.4, 0.5) is 0 Å². The van der Waals surface area contributed by atoms with E-state index in [1.165, 1.54) is 0 Å². The van der Waals surface area contributed by atoms with Gasteiger partial charge >= 0.3 is 0 Å². The van der Waals surface area contributed by atoms with Gasteiger partial charge in [-0.1, -0.05) is 12.1 Å². The summed E-state index contributed by atoms with van der Waals surface area (Å²) in [5.74, 6) is 0.843. The van der Waals surface area contributed by atoms with E-state index in [9.17, 15) is 4.79 Å². The largest absolute Gasteiger partial charge is 0.340 e. The predicted octanol–water partition coefficient (Wildman–Crippen LogP) is 1.60. The summed E-state index contributed by atoms with van der Waals surface area (Å²) in [4.78, 5) is 13.6. The van der Waals surface area contributed by atoms with Gasteiger partial charge in [0.1, 0.15) is 0 Å². The Kier molecular flexibility index (Phi) is 6.40. The first-order chi connectivity index (χ1) is 9.08. The molecule has 0 fully saturated rings. The normalized spacial score (nSPS) is 11.7. The van der Waals surface area contributed by atoms with Crippen molar-refractivity contribution in [2.45, 2.75) is 19.0 Å². The molecule has 1 aromatic rings. The maximum atomic E-state index is 12.0. The highest BCUT2D eigenvalue weighted by Gasteiger charge is 2.17. The van der Waals surface area contributed by atoms with Crippen LogP contribution in [0.5, 0.6) is 0 Å². The van der Waals surface area contributed by atoms with E-state index in [-0.39, 0.29) is 5.91 Å². The molecule has 0 bridgehead atoms. The lowest BCUT2D eigenvalue weighted by Crippen LogP contribution is -2.41. The topological polar surface area (TPSA) is 70.1 Å². The van der Waals surface area contributed by atoms with E-state index in [1.54, 1.807) is 35.8 Å². The SMILES string of the molecule is CSCC[C@H](N)C(=O)N(C)Cc1ccc(C#N)cc1. The number of carbonyl (C=O) groups excluding carboxylic acids is 1. The molecule has 0 saturated carbocycles. The monoisotopic (exact) mass is 277 g/mol. The van der Waals surface area contributed by atoms with Crippen molar-refractivity contribution in [2.75, 3.05) is 19.1 Å². The van der Waals surface area contributed by atoms with Gasteiger partial charge in [0.05, 0.1) is 17.7 Å². The third-order valence-corrected chi connectivity index (χ3v) is 3.47. The van der Waals surface area contributed by atoms with Crippen LogP contribution in [0.15, 0.2) is 24.3 Å². The van der Waals surface area contributed by atoms with Gasteiger partial charge in [-0.25, -0.2) is 0 Å². The lowest BCUT2D eigenvalue weighted by molar-refractivity contribution is -0.131. The van der Waals surface area contributed by atoms with Gasteiger partial charge in [-0.05, 0) is 36.1 Å². The minimum atomic E-state index is -0.434. The van der Waals surface area contributed by atoms with E-state index in [2.05, 4.69) is 6.07 Å². The van der Waals surface area contributed by atoms with Crippen molar-refractivity contribution >= 4 is 17.7 Å². The summed E-state index contributed by atoms with van der Waals surface area (Å²) in [7, 11) is 1.75. The smallest absolute Gasteiger partial charge is 0.239 e. The molecule has 5 heteroatoms. The minimum Gasteiger partial charge on any atom is -0.340 e. The molecule has 0 unspecified atom stereocenters. The molecule has 1 atom stereocenters. The number of benzene rings is 1. The number of hydrogen-bond acceptors (Lipinski definition) is 4. The van der Waals surface area contributed by atoms with Crippen molar-refractivity contribution in [3.8, 4) is 6.07 Å². The molecule has 0 aliphatic rings. The maximum Gasteiger partial charge on any atom is 0.239 e. The van der Waals surface area contributed by atoms with Gasteiger partial charge in [0, 0.05) is 13.6 Å². The summed E-state index contributed by atoms with van der Waals surface area (Å²) in [5, 5.41) is 8.72. The number of nitrogens with two attached hydrogens (primary N) is 1. The maximum absolute atomic E-state index is 12.0. The highest BCUT2D eigenvalue weighted by Crippen LogP contribution is 2.08. The van der Waals surface area contributed by atoms with Gasteiger partial charge < -0.3 is 10.6 Å². The van der Waals surface area contributed by atoms with Crippen LogP contribution < -0.4 is 5.73 Å². The molecular formula is C14H19N3OS. The third kappa shape index (κ3) is 4.93. The molecule has 0 spiro atoms. The summed E-state index contributed by atoms with van der Waals surface area (Å²) >= 11 is 1.69. The zero-order chi connectivity index (χ0) is 14.3. The minimum absolute atomic E-state index is 0.0431.